The Morgan fingerprint density at radius 3 is 2.55 bits per heavy atom. The summed E-state index contributed by atoms with van der Waals surface area (Å²) in [5.41, 5.74) is 2.26. The summed E-state index contributed by atoms with van der Waals surface area (Å²) in [4.78, 5) is 23.2. The average molecular weight is 497 g/mol. The number of anilines is 1. The van der Waals surface area contributed by atoms with Crippen molar-refractivity contribution < 1.29 is 33.0 Å². The van der Waals surface area contributed by atoms with Crippen LogP contribution in [0.5, 0.6) is 5.75 Å². The highest BCUT2D eigenvalue weighted by molar-refractivity contribution is 7.89. The summed E-state index contributed by atoms with van der Waals surface area (Å²) in [5.74, 6) is -1.78. The van der Waals surface area contributed by atoms with Gasteiger partial charge in [-0.15, -0.1) is 11.3 Å². The van der Waals surface area contributed by atoms with E-state index >= 15 is 0 Å². The average Bonchev–Trinajstić information content (AvgIpc) is 3.13. The SMILES string of the molecule is CCS(=O)(=O)N1CCC(CNc2cccc(-c3sc(C(=O)O)c(OCC(=O)O)c3C)c2)CC1. The number of benzene rings is 1. The summed E-state index contributed by atoms with van der Waals surface area (Å²) in [6.45, 7) is 4.54. The van der Waals surface area contributed by atoms with E-state index in [0.717, 1.165) is 35.4 Å². The predicted octanol–water partition coefficient (Wildman–Crippen LogP) is 3.36. The van der Waals surface area contributed by atoms with Gasteiger partial charge in [0.15, 0.2) is 11.5 Å². The number of piperidine rings is 1. The van der Waals surface area contributed by atoms with Gasteiger partial charge in [-0.25, -0.2) is 22.3 Å². The van der Waals surface area contributed by atoms with Crippen molar-refractivity contribution in [2.45, 2.75) is 26.7 Å². The summed E-state index contributed by atoms with van der Waals surface area (Å²) >= 11 is 1.05. The van der Waals surface area contributed by atoms with Crippen molar-refractivity contribution >= 4 is 39.0 Å². The molecule has 1 aliphatic rings. The molecule has 2 heterocycles. The third-order valence-corrected chi connectivity index (χ3v) is 8.87. The number of nitrogens with one attached hydrogen (secondary N) is 1. The minimum Gasteiger partial charge on any atom is -0.480 e. The number of carboxylic acids is 2. The zero-order valence-corrected chi connectivity index (χ0v) is 20.2. The van der Waals surface area contributed by atoms with E-state index in [1.54, 1.807) is 18.2 Å². The molecule has 1 aliphatic heterocycles. The number of nitrogens with zero attached hydrogens (tertiary/aromatic N) is 1. The number of sulfonamides is 1. The lowest BCUT2D eigenvalue weighted by Gasteiger charge is -2.31. The summed E-state index contributed by atoms with van der Waals surface area (Å²) in [6.07, 6.45) is 1.59. The number of hydrogen-bond acceptors (Lipinski definition) is 7. The lowest BCUT2D eigenvalue weighted by molar-refractivity contribution is -0.139. The number of rotatable bonds is 10. The Balaban J connectivity index is 1.70. The number of hydrogen-bond donors (Lipinski definition) is 3. The van der Waals surface area contributed by atoms with Crippen LogP contribution in [0.25, 0.3) is 10.4 Å². The van der Waals surface area contributed by atoms with Crippen molar-refractivity contribution in [2.24, 2.45) is 5.92 Å². The normalized spacial score (nSPS) is 15.3. The highest BCUT2D eigenvalue weighted by atomic mass is 32.2. The van der Waals surface area contributed by atoms with Gasteiger partial charge >= 0.3 is 11.9 Å². The molecule has 0 saturated carbocycles. The van der Waals surface area contributed by atoms with E-state index in [9.17, 15) is 23.1 Å². The van der Waals surface area contributed by atoms with Crippen LogP contribution in [0, 0.1) is 12.8 Å². The van der Waals surface area contributed by atoms with Gasteiger partial charge in [-0.1, -0.05) is 12.1 Å². The fourth-order valence-electron chi connectivity index (χ4n) is 3.83. The molecule has 0 spiro atoms. The van der Waals surface area contributed by atoms with Crippen molar-refractivity contribution in [1.29, 1.82) is 0 Å². The standard InChI is InChI=1S/C22H28N2O7S2/c1-3-33(29,30)24-9-7-15(8-10-24)12-23-17-6-4-5-16(11-17)20-14(2)19(31-13-18(25)26)21(32-20)22(27)28/h4-6,11,15,23H,3,7-10,12-13H2,1-2H3,(H,25,26)(H,27,28). The third kappa shape index (κ3) is 6.04. The van der Waals surface area contributed by atoms with Gasteiger partial charge in [0.25, 0.3) is 0 Å². The number of aromatic carboxylic acids is 1. The number of thiophene rings is 1. The van der Waals surface area contributed by atoms with Crippen molar-refractivity contribution in [3.8, 4) is 16.2 Å². The van der Waals surface area contributed by atoms with E-state index in [1.807, 2.05) is 24.3 Å². The van der Waals surface area contributed by atoms with Gasteiger partial charge < -0.3 is 20.3 Å². The Morgan fingerprint density at radius 1 is 1.24 bits per heavy atom. The first-order chi connectivity index (χ1) is 15.6. The molecule has 1 fully saturated rings. The molecule has 3 rings (SSSR count). The molecular weight excluding hydrogens is 468 g/mol. The van der Waals surface area contributed by atoms with Crippen LogP contribution in [0.2, 0.25) is 0 Å². The van der Waals surface area contributed by atoms with E-state index < -0.39 is 28.6 Å². The quantitative estimate of drug-likeness (QED) is 0.456. The van der Waals surface area contributed by atoms with Gasteiger partial charge in [-0.05, 0) is 50.3 Å². The minimum absolute atomic E-state index is 0.0316. The molecule has 33 heavy (non-hydrogen) atoms. The van der Waals surface area contributed by atoms with Crippen molar-refractivity contribution in [2.75, 3.05) is 37.3 Å². The maximum atomic E-state index is 12.0. The van der Waals surface area contributed by atoms with Crippen LogP contribution in [-0.4, -0.2) is 66.9 Å². The maximum absolute atomic E-state index is 12.0. The largest absolute Gasteiger partial charge is 0.480 e. The van der Waals surface area contributed by atoms with E-state index in [1.165, 1.54) is 0 Å². The number of carbonyl (C=O) groups is 2. The molecule has 1 aromatic heterocycles. The summed E-state index contributed by atoms with van der Waals surface area (Å²) in [7, 11) is -3.14. The Kier molecular flexibility index (Phi) is 7.98. The Hall–Kier alpha value is -2.63. The second kappa shape index (κ2) is 10.5. The molecule has 0 unspecified atom stereocenters. The molecule has 0 aliphatic carbocycles. The first kappa shape index (κ1) is 25.0. The van der Waals surface area contributed by atoms with Crippen LogP contribution < -0.4 is 10.1 Å². The Morgan fingerprint density at radius 2 is 1.94 bits per heavy atom. The molecule has 1 saturated heterocycles. The zero-order valence-electron chi connectivity index (χ0n) is 18.5. The topological polar surface area (TPSA) is 133 Å². The number of ether oxygens (including phenoxy) is 1. The smallest absolute Gasteiger partial charge is 0.349 e. The van der Waals surface area contributed by atoms with Gasteiger partial charge in [0.2, 0.25) is 10.0 Å². The summed E-state index contributed by atoms with van der Waals surface area (Å²) in [6, 6.07) is 7.57. The van der Waals surface area contributed by atoms with Crippen LogP contribution in [-0.2, 0) is 14.8 Å². The molecule has 3 N–H and O–H groups in total. The lowest BCUT2D eigenvalue weighted by atomic mass is 9.98. The van der Waals surface area contributed by atoms with Gasteiger partial charge in [-0.3, -0.25) is 0 Å². The Bertz CT molecular complexity index is 1120. The van der Waals surface area contributed by atoms with E-state index in [0.29, 0.717) is 36.0 Å². The van der Waals surface area contributed by atoms with Crippen LogP contribution in [0.1, 0.15) is 35.0 Å². The van der Waals surface area contributed by atoms with E-state index in [4.69, 9.17) is 9.84 Å². The summed E-state index contributed by atoms with van der Waals surface area (Å²) in [5, 5.41) is 21.8. The molecule has 1 aromatic carbocycles. The zero-order chi connectivity index (χ0) is 24.2. The van der Waals surface area contributed by atoms with Crippen molar-refractivity contribution in [3.05, 3.63) is 34.7 Å². The van der Waals surface area contributed by atoms with Gasteiger partial charge in [-0.2, -0.15) is 0 Å². The maximum Gasteiger partial charge on any atom is 0.349 e. The number of carboxylic acid groups (broad SMARTS) is 2. The van der Waals surface area contributed by atoms with Gasteiger partial charge in [0, 0.05) is 35.8 Å². The first-order valence-electron chi connectivity index (χ1n) is 10.7. The highest BCUT2D eigenvalue weighted by Gasteiger charge is 2.27. The third-order valence-electron chi connectivity index (χ3n) is 5.68. The fourth-order valence-corrected chi connectivity index (χ4v) is 6.05. The molecule has 0 radical (unpaired) electrons. The molecule has 180 valence electrons. The monoisotopic (exact) mass is 496 g/mol. The van der Waals surface area contributed by atoms with E-state index in [2.05, 4.69) is 5.32 Å². The molecular formula is C22H28N2O7S2. The predicted molar refractivity (Wildman–Crippen MR) is 127 cm³/mol. The Labute approximate surface area is 197 Å². The van der Waals surface area contributed by atoms with E-state index in [-0.39, 0.29) is 16.4 Å². The fraction of sp³-hybridized carbons (Fsp3) is 0.455. The second-order valence-electron chi connectivity index (χ2n) is 7.91. The molecule has 11 heteroatoms. The molecule has 0 amide bonds. The summed E-state index contributed by atoms with van der Waals surface area (Å²) < 4.78 is 30.9. The molecule has 2 aromatic rings. The van der Waals surface area contributed by atoms with Crippen molar-refractivity contribution in [1.82, 2.24) is 4.31 Å². The number of aliphatic carboxylic acids is 1. The van der Waals surface area contributed by atoms with Crippen molar-refractivity contribution in [3.63, 3.8) is 0 Å². The van der Waals surface area contributed by atoms with Crippen LogP contribution >= 0.6 is 11.3 Å². The van der Waals surface area contributed by atoms with Gasteiger partial charge in [0.05, 0.1) is 5.75 Å². The molecule has 0 bridgehead atoms. The first-order valence-corrected chi connectivity index (χ1v) is 13.1. The highest BCUT2D eigenvalue weighted by Crippen LogP contribution is 2.42. The lowest BCUT2D eigenvalue weighted by Crippen LogP contribution is -2.40. The van der Waals surface area contributed by atoms with Crippen LogP contribution in [0.4, 0.5) is 5.69 Å². The second-order valence-corrected chi connectivity index (χ2v) is 11.2. The van der Waals surface area contributed by atoms with Crippen LogP contribution in [0.15, 0.2) is 24.3 Å². The molecule has 0 atom stereocenters. The minimum atomic E-state index is -3.14. The molecule has 9 nitrogen and oxygen atoms in total. The van der Waals surface area contributed by atoms with Crippen LogP contribution in [0.3, 0.4) is 0 Å². The van der Waals surface area contributed by atoms with Gasteiger partial charge in [0.1, 0.15) is 5.75 Å².